The number of fused-ring (bicyclic) bond motifs is 5. The largest absolute Gasteiger partial charge is 0.458 e. The Morgan fingerprint density at radius 3 is 2.32 bits per heavy atom. The number of hydrogen-bond acceptors (Lipinski definition) is 14. The number of aryl methyl sites for hydroxylation is 1. The Kier molecular flexibility index (Phi) is 16.2. The molecule has 0 saturated carbocycles. The number of esters is 1. The molecule has 23 heteroatoms. The number of imide groups is 1. The number of aromatic nitrogens is 2. The smallest absolute Gasteiger partial charge is 0.340 e. The molecule has 394 valence electrons. The van der Waals surface area contributed by atoms with E-state index < -0.39 is 103 Å². The first-order valence-corrected chi connectivity index (χ1v) is 24.5. The van der Waals surface area contributed by atoms with Crippen molar-refractivity contribution in [1.29, 1.82) is 0 Å². The summed E-state index contributed by atoms with van der Waals surface area (Å²) in [7, 11) is 1.60. The third-order valence-corrected chi connectivity index (χ3v) is 13.8. The highest BCUT2D eigenvalue weighted by molar-refractivity contribution is 6.12. The Morgan fingerprint density at radius 1 is 0.880 bits per heavy atom. The van der Waals surface area contributed by atoms with Gasteiger partial charge in [0, 0.05) is 61.2 Å². The Labute approximate surface area is 428 Å². The zero-order valence-corrected chi connectivity index (χ0v) is 41.4. The minimum atomic E-state index is -1.67. The van der Waals surface area contributed by atoms with Crippen LogP contribution in [0.2, 0.25) is 0 Å². The molecule has 4 aliphatic rings. The van der Waals surface area contributed by atoms with Crippen LogP contribution in [-0.4, -0.2) is 130 Å². The zero-order chi connectivity index (χ0) is 53.7. The summed E-state index contributed by atoms with van der Waals surface area (Å²) >= 11 is 0. The fourth-order valence-electron chi connectivity index (χ4n) is 9.77. The molecular formula is C52H56FN9O13. The summed E-state index contributed by atoms with van der Waals surface area (Å²) in [5, 5.41) is 23.8. The molecule has 2 aromatic carbocycles. The fourth-order valence-corrected chi connectivity index (χ4v) is 9.77. The van der Waals surface area contributed by atoms with Crippen molar-refractivity contribution in [2.24, 2.45) is 0 Å². The first-order valence-electron chi connectivity index (χ1n) is 24.5. The summed E-state index contributed by atoms with van der Waals surface area (Å²) in [4.78, 5) is 135. The van der Waals surface area contributed by atoms with E-state index >= 15 is 4.39 Å². The number of nitrogens with one attached hydrogen (secondary N) is 5. The number of amides is 8. The Morgan fingerprint density at radius 2 is 1.57 bits per heavy atom. The van der Waals surface area contributed by atoms with Crippen LogP contribution in [0.4, 0.5) is 4.39 Å². The third-order valence-electron chi connectivity index (χ3n) is 13.8. The summed E-state index contributed by atoms with van der Waals surface area (Å²) < 4.78 is 27.7. The molecule has 3 aliphatic heterocycles. The van der Waals surface area contributed by atoms with Gasteiger partial charge >= 0.3 is 5.97 Å². The molecular weight excluding hydrogens is 978 g/mol. The Balaban J connectivity index is 0.819. The highest BCUT2D eigenvalue weighted by Crippen LogP contribution is 2.47. The van der Waals surface area contributed by atoms with Crippen LogP contribution in [0.5, 0.6) is 0 Å². The van der Waals surface area contributed by atoms with Crippen LogP contribution >= 0.6 is 0 Å². The maximum atomic E-state index is 15.4. The molecule has 5 heterocycles. The molecule has 1 unspecified atom stereocenters. The SMILES string of the molecule is Cc1c(F)cc2nc3c(c4c2c1CC[C@@H]4N(C)C(=O)C(C)OCNC(=O)CNC(=O)[C@H](Cc1ccccc1)NC(=O)CNC(=O)CNC(=O)CCCCCN1C(=O)C=CC1=O)Cn1c-3cc2c(c1=O)COC(=O)[C@H]2O. The summed E-state index contributed by atoms with van der Waals surface area (Å²) in [6.45, 7) is 1.30. The van der Waals surface area contributed by atoms with Crippen LogP contribution in [0.1, 0.15) is 90.1 Å². The zero-order valence-electron chi connectivity index (χ0n) is 41.4. The lowest BCUT2D eigenvalue weighted by molar-refractivity contribution is -0.157. The van der Waals surface area contributed by atoms with E-state index in [9.17, 15) is 53.1 Å². The van der Waals surface area contributed by atoms with Gasteiger partial charge in [0.05, 0.1) is 54.7 Å². The van der Waals surface area contributed by atoms with Crippen LogP contribution in [0.15, 0.2) is 59.4 Å². The number of unbranched alkanes of at least 4 members (excludes halogenated alkanes) is 2. The van der Waals surface area contributed by atoms with Crippen molar-refractivity contribution in [3.8, 4) is 11.4 Å². The molecule has 4 atom stereocenters. The molecule has 0 saturated heterocycles. The molecule has 8 rings (SSSR count). The van der Waals surface area contributed by atoms with E-state index in [1.54, 1.807) is 44.3 Å². The average Bonchev–Trinajstić information content (AvgIpc) is 3.97. The normalized spacial score (nSPS) is 16.8. The van der Waals surface area contributed by atoms with Gasteiger partial charge in [-0.05, 0) is 67.9 Å². The molecule has 2 aromatic heterocycles. The summed E-state index contributed by atoms with van der Waals surface area (Å²) in [6.07, 6.45) is 2.13. The first-order chi connectivity index (χ1) is 35.9. The van der Waals surface area contributed by atoms with Gasteiger partial charge in [-0.3, -0.25) is 48.1 Å². The number of hydrogen-bond donors (Lipinski definition) is 6. The number of rotatable bonds is 21. The molecule has 0 fully saturated rings. The molecule has 0 spiro atoms. The van der Waals surface area contributed by atoms with Crippen molar-refractivity contribution in [3.63, 3.8) is 0 Å². The number of nitrogens with zero attached hydrogens (tertiary/aromatic N) is 4. The van der Waals surface area contributed by atoms with E-state index in [1.165, 1.54) is 40.7 Å². The predicted octanol–water partition coefficient (Wildman–Crippen LogP) is 0.449. The third kappa shape index (κ3) is 11.6. The van der Waals surface area contributed by atoms with Crippen LogP contribution in [0.25, 0.3) is 22.3 Å². The van der Waals surface area contributed by atoms with Gasteiger partial charge in [-0.25, -0.2) is 14.2 Å². The first kappa shape index (κ1) is 53.1. The molecule has 1 aliphatic carbocycles. The lowest BCUT2D eigenvalue weighted by atomic mass is 9.81. The second kappa shape index (κ2) is 22.9. The quantitative estimate of drug-likeness (QED) is 0.0252. The van der Waals surface area contributed by atoms with Crippen LogP contribution in [-0.2, 0) is 78.6 Å². The van der Waals surface area contributed by atoms with E-state index in [2.05, 4.69) is 26.6 Å². The van der Waals surface area contributed by atoms with E-state index in [4.69, 9.17) is 14.5 Å². The van der Waals surface area contributed by atoms with E-state index in [-0.39, 0.29) is 55.5 Å². The molecule has 4 aromatic rings. The van der Waals surface area contributed by atoms with Gasteiger partial charge < -0.3 is 50.6 Å². The second-order valence-corrected chi connectivity index (χ2v) is 18.7. The van der Waals surface area contributed by atoms with Gasteiger partial charge in [-0.2, -0.15) is 0 Å². The molecule has 22 nitrogen and oxygen atoms in total. The van der Waals surface area contributed by atoms with Crippen molar-refractivity contribution in [2.45, 2.75) is 96.2 Å². The van der Waals surface area contributed by atoms with Crippen molar-refractivity contribution in [2.75, 3.05) is 40.0 Å². The van der Waals surface area contributed by atoms with Gasteiger partial charge in [0.1, 0.15) is 31.3 Å². The maximum absolute atomic E-state index is 15.4. The predicted molar refractivity (Wildman–Crippen MR) is 263 cm³/mol. The van der Waals surface area contributed by atoms with Crippen molar-refractivity contribution >= 4 is 64.1 Å². The number of aliphatic hydroxyl groups is 1. The highest BCUT2D eigenvalue weighted by atomic mass is 19.1. The number of likely N-dealkylation sites (N-methyl/N-ethyl adjacent to an activating group) is 1. The van der Waals surface area contributed by atoms with Gasteiger partial charge in [0.2, 0.25) is 29.5 Å². The van der Waals surface area contributed by atoms with Crippen molar-refractivity contribution in [3.05, 3.63) is 110 Å². The van der Waals surface area contributed by atoms with E-state index in [0.29, 0.717) is 76.6 Å². The second-order valence-electron chi connectivity index (χ2n) is 18.7. The number of carbonyl (C=O) groups excluding carboxylic acids is 9. The lowest BCUT2D eigenvalue weighted by Gasteiger charge is -2.36. The van der Waals surface area contributed by atoms with E-state index in [0.717, 1.165) is 10.5 Å². The summed E-state index contributed by atoms with van der Waals surface area (Å²) in [5.41, 5.74) is 3.95. The van der Waals surface area contributed by atoms with Crippen LogP contribution in [0, 0.1) is 12.7 Å². The summed E-state index contributed by atoms with van der Waals surface area (Å²) in [6, 6.07) is 9.86. The summed E-state index contributed by atoms with van der Waals surface area (Å²) in [5.74, 6) is -5.71. The minimum absolute atomic E-state index is 0.0355. The monoisotopic (exact) mass is 1030 g/mol. The van der Waals surface area contributed by atoms with Crippen molar-refractivity contribution in [1.82, 2.24) is 45.9 Å². The molecule has 0 bridgehead atoms. The molecule has 75 heavy (non-hydrogen) atoms. The van der Waals surface area contributed by atoms with Gasteiger partial charge in [-0.15, -0.1) is 0 Å². The minimum Gasteiger partial charge on any atom is -0.458 e. The van der Waals surface area contributed by atoms with Gasteiger partial charge in [0.15, 0.2) is 6.10 Å². The standard InChI is InChI=1S/C52H56FN9O13/c1-27-30-13-14-37(46-32-24-62-38(47(32)59-35(45(30)46)20-34(27)53)19-31-33(51(62)72)25-74-52(73)48(31)69)60(3)50(71)28(2)75-26-57-41(65)22-56-49(70)36(18-29-10-6-4-7-11-29)58-42(66)23-55-40(64)21-54-39(63)12-8-5-9-17-61-43(67)15-16-44(61)68/h4,6-7,10-11,15-16,19-20,28,36-37,48,69H,5,8-9,12-14,17-18,21-26H2,1-3H3,(H,54,63)(H,55,64)(H,56,70)(H,57,65)(H,58,66)/t28?,36-,37-,48-/m0/s1. The molecule has 8 amide bonds. The number of benzene rings is 2. The Bertz CT molecular complexity index is 3090. The maximum Gasteiger partial charge on any atom is 0.340 e. The number of pyridine rings is 2. The number of aliphatic hydroxyl groups excluding tert-OH is 1. The van der Waals surface area contributed by atoms with Gasteiger partial charge in [0.25, 0.3) is 23.3 Å². The van der Waals surface area contributed by atoms with Crippen LogP contribution < -0.4 is 32.1 Å². The highest BCUT2D eigenvalue weighted by Gasteiger charge is 2.39. The van der Waals surface area contributed by atoms with E-state index in [1.807, 2.05) is 0 Å². The van der Waals surface area contributed by atoms with Crippen molar-refractivity contribution < 1.29 is 62.1 Å². The number of cyclic esters (lactones) is 1. The van der Waals surface area contributed by atoms with Crippen LogP contribution in [0.3, 0.4) is 0 Å². The Hall–Kier alpha value is -8.18. The topological polar surface area (TPSA) is 294 Å². The number of carbonyl (C=O) groups is 9. The fraction of sp³-hybridized carbons (Fsp3) is 0.404. The number of halogens is 1. The average molecular weight is 1030 g/mol. The lowest BCUT2D eigenvalue weighted by Crippen LogP contribution is -2.52. The van der Waals surface area contributed by atoms with Gasteiger partial charge in [-0.1, -0.05) is 36.8 Å². The number of ether oxygens (including phenoxy) is 2. The molecule has 6 N–H and O–H groups in total. The molecule has 0 radical (unpaired) electrons.